The molecule has 1 heterocycles. The molecule has 11 heteroatoms. The number of amides is 1. The Kier molecular flexibility index (Phi) is 6.73. The number of nitrogens with zero attached hydrogens (tertiary/aromatic N) is 3. The minimum Gasteiger partial charge on any atom is -0.301 e. The monoisotopic (exact) mass is 452 g/mol. The Morgan fingerprint density at radius 2 is 1.83 bits per heavy atom. The molecule has 0 spiro atoms. The lowest BCUT2D eigenvalue weighted by Crippen LogP contribution is -2.31. The highest BCUT2D eigenvalue weighted by molar-refractivity contribution is 7.92. The first-order valence-corrected chi connectivity index (χ1v) is 11.5. The van der Waals surface area contributed by atoms with Gasteiger partial charge in [0.2, 0.25) is 21.1 Å². The Bertz CT molecular complexity index is 1140. The van der Waals surface area contributed by atoms with Crippen molar-refractivity contribution in [1.29, 1.82) is 0 Å². The molecule has 0 radical (unpaired) electrons. The van der Waals surface area contributed by atoms with Crippen LogP contribution in [0.4, 0.5) is 19.6 Å². The van der Waals surface area contributed by atoms with Gasteiger partial charge >= 0.3 is 0 Å². The topological polar surface area (TPSA) is 92.3 Å². The Hall–Kier alpha value is -2.92. The normalized spacial score (nSPS) is 11.3. The van der Waals surface area contributed by atoms with E-state index in [1.165, 1.54) is 17.4 Å². The van der Waals surface area contributed by atoms with E-state index in [1.807, 2.05) is 30.3 Å². The highest BCUT2D eigenvalue weighted by Crippen LogP contribution is 2.26. The quantitative estimate of drug-likeness (QED) is 0.563. The second-order valence-corrected chi connectivity index (χ2v) is 9.25. The van der Waals surface area contributed by atoms with Crippen LogP contribution in [0.5, 0.6) is 0 Å². The average molecular weight is 453 g/mol. The molecule has 3 aromatic rings. The van der Waals surface area contributed by atoms with Gasteiger partial charge in [0.05, 0.1) is 11.9 Å². The molecule has 30 heavy (non-hydrogen) atoms. The molecule has 7 nitrogen and oxygen atoms in total. The SMILES string of the molecule is CS(=O)(=O)N(CCCC(=O)Nc1nnc(-c2ccccc2)s1)c1ccc(F)c(F)c1. The van der Waals surface area contributed by atoms with E-state index in [9.17, 15) is 22.0 Å². The van der Waals surface area contributed by atoms with Crippen LogP contribution in [0, 0.1) is 11.6 Å². The number of nitrogens with one attached hydrogen (secondary N) is 1. The molecule has 0 aliphatic rings. The first-order valence-electron chi connectivity index (χ1n) is 8.85. The fourth-order valence-corrected chi connectivity index (χ4v) is 4.39. The van der Waals surface area contributed by atoms with Crippen molar-refractivity contribution >= 4 is 38.1 Å². The fourth-order valence-electron chi connectivity index (χ4n) is 2.66. The Balaban J connectivity index is 1.58. The summed E-state index contributed by atoms with van der Waals surface area (Å²) in [6.45, 7) is -0.0668. The number of rotatable bonds is 8. The van der Waals surface area contributed by atoms with Gasteiger partial charge in [0.25, 0.3) is 0 Å². The molecule has 0 unspecified atom stereocenters. The molecule has 1 N–H and O–H groups in total. The van der Waals surface area contributed by atoms with Crippen molar-refractivity contribution in [3.8, 4) is 10.6 Å². The van der Waals surface area contributed by atoms with Gasteiger partial charge in [-0.1, -0.05) is 41.7 Å². The first kappa shape index (κ1) is 21.8. The summed E-state index contributed by atoms with van der Waals surface area (Å²) in [4.78, 5) is 12.2. The molecule has 0 fully saturated rings. The van der Waals surface area contributed by atoms with Gasteiger partial charge in [-0.25, -0.2) is 17.2 Å². The largest absolute Gasteiger partial charge is 0.301 e. The molecule has 0 saturated heterocycles. The van der Waals surface area contributed by atoms with Crippen LogP contribution in [0.25, 0.3) is 10.6 Å². The highest BCUT2D eigenvalue weighted by atomic mass is 32.2. The molecule has 0 aliphatic carbocycles. The van der Waals surface area contributed by atoms with Crippen molar-refractivity contribution in [1.82, 2.24) is 10.2 Å². The van der Waals surface area contributed by atoms with Crippen LogP contribution in [-0.2, 0) is 14.8 Å². The third-order valence-electron chi connectivity index (χ3n) is 4.05. The van der Waals surface area contributed by atoms with Crippen LogP contribution >= 0.6 is 11.3 Å². The molecule has 2 aromatic carbocycles. The molecule has 0 aliphatic heterocycles. The molecule has 0 atom stereocenters. The standard InChI is InChI=1S/C19H18F2N4O3S2/c1-30(27,28)25(14-9-10-15(20)16(21)12-14)11-5-8-17(26)22-19-24-23-18(29-19)13-6-3-2-4-7-13/h2-4,6-7,9-10,12H,5,8,11H2,1H3,(H,22,24,26). The Labute approximate surface area is 176 Å². The zero-order valence-electron chi connectivity index (χ0n) is 15.9. The van der Waals surface area contributed by atoms with E-state index in [0.717, 1.165) is 28.3 Å². The summed E-state index contributed by atoms with van der Waals surface area (Å²) in [7, 11) is -3.74. The van der Waals surface area contributed by atoms with Gasteiger partial charge in [-0.15, -0.1) is 10.2 Å². The highest BCUT2D eigenvalue weighted by Gasteiger charge is 2.19. The lowest BCUT2D eigenvalue weighted by atomic mass is 10.2. The van der Waals surface area contributed by atoms with Crippen LogP contribution < -0.4 is 9.62 Å². The third kappa shape index (κ3) is 5.57. The van der Waals surface area contributed by atoms with Crippen molar-refractivity contribution < 1.29 is 22.0 Å². The van der Waals surface area contributed by atoms with Crippen LogP contribution in [0.1, 0.15) is 12.8 Å². The van der Waals surface area contributed by atoms with Crippen molar-refractivity contribution in [2.24, 2.45) is 0 Å². The number of halogens is 2. The van der Waals surface area contributed by atoms with Gasteiger partial charge < -0.3 is 5.32 Å². The lowest BCUT2D eigenvalue weighted by Gasteiger charge is -2.22. The van der Waals surface area contributed by atoms with E-state index in [0.29, 0.717) is 10.1 Å². The van der Waals surface area contributed by atoms with E-state index in [2.05, 4.69) is 15.5 Å². The van der Waals surface area contributed by atoms with Crippen molar-refractivity contribution in [3.63, 3.8) is 0 Å². The summed E-state index contributed by atoms with van der Waals surface area (Å²) in [5, 5.41) is 11.6. The maximum atomic E-state index is 13.5. The second kappa shape index (κ2) is 9.26. The molecule has 3 rings (SSSR count). The summed E-state index contributed by atoms with van der Waals surface area (Å²) in [6.07, 6.45) is 1.14. The van der Waals surface area contributed by atoms with E-state index in [1.54, 1.807) is 0 Å². The molecule has 0 saturated carbocycles. The molecular formula is C19H18F2N4O3S2. The summed E-state index contributed by atoms with van der Waals surface area (Å²) >= 11 is 1.22. The van der Waals surface area contributed by atoms with Crippen molar-refractivity contribution in [2.45, 2.75) is 12.8 Å². The van der Waals surface area contributed by atoms with Gasteiger partial charge in [0, 0.05) is 24.6 Å². The molecular weight excluding hydrogens is 434 g/mol. The predicted molar refractivity (Wildman–Crippen MR) is 112 cm³/mol. The van der Waals surface area contributed by atoms with E-state index < -0.39 is 21.7 Å². The summed E-state index contributed by atoms with van der Waals surface area (Å²) < 4.78 is 51.6. The third-order valence-corrected chi connectivity index (χ3v) is 6.13. The van der Waals surface area contributed by atoms with E-state index >= 15 is 0 Å². The number of aromatic nitrogens is 2. The second-order valence-electron chi connectivity index (χ2n) is 6.36. The number of carbonyl (C=O) groups is 1. The van der Waals surface area contributed by atoms with E-state index in [4.69, 9.17) is 0 Å². The lowest BCUT2D eigenvalue weighted by molar-refractivity contribution is -0.116. The van der Waals surface area contributed by atoms with Gasteiger partial charge in [-0.05, 0) is 18.6 Å². The van der Waals surface area contributed by atoms with Gasteiger partial charge in [-0.2, -0.15) is 0 Å². The zero-order valence-corrected chi connectivity index (χ0v) is 17.5. The number of hydrogen-bond donors (Lipinski definition) is 1. The average Bonchev–Trinajstić information content (AvgIpc) is 3.16. The molecule has 1 aromatic heterocycles. The van der Waals surface area contributed by atoms with Crippen LogP contribution in [0.15, 0.2) is 48.5 Å². The number of anilines is 2. The number of hydrogen-bond acceptors (Lipinski definition) is 6. The maximum absolute atomic E-state index is 13.5. The predicted octanol–water partition coefficient (Wildman–Crippen LogP) is 3.67. The smallest absolute Gasteiger partial charge is 0.232 e. The molecule has 158 valence electrons. The van der Waals surface area contributed by atoms with E-state index in [-0.39, 0.29) is 31.0 Å². The fraction of sp³-hybridized carbons (Fsp3) is 0.211. The number of carbonyl (C=O) groups excluding carboxylic acids is 1. The Morgan fingerprint density at radius 3 is 2.50 bits per heavy atom. The minimum atomic E-state index is -3.74. The maximum Gasteiger partial charge on any atom is 0.232 e. The van der Waals surface area contributed by atoms with Crippen LogP contribution in [0.2, 0.25) is 0 Å². The van der Waals surface area contributed by atoms with Gasteiger partial charge in [0.15, 0.2) is 11.6 Å². The number of benzene rings is 2. The van der Waals surface area contributed by atoms with Crippen LogP contribution in [-0.4, -0.2) is 37.3 Å². The summed E-state index contributed by atoms with van der Waals surface area (Å²) in [5.74, 6) is -2.58. The summed E-state index contributed by atoms with van der Waals surface area (Å²) in [5.41, 5.74) is 0.874. The number of sulfonamides is 1. The molecule has 1 amide bonds. The minimum absolute atomic E-state index is 0.00608. The molecule has 0 bridgehead atoms. The van der Waals surface area contributed by atoms with Gasteiger partial charge in [0.1, 0.15) is 5.01 Å². The van der Waals surface area contributed by atoms with Crippen molar-refractivity contribution in [2.75, 3.05) is 22.4 Å². The summed E-state index contributed by atoms with van der Waals surface area (Å²) in [6, 6.07) is 12.2. The zero-order chi connectivity index (χ0) is 21.7. The first-order chi connectivity index (χ1) is 14.2. The van der Waals surface area contributed by atoms with Crippen molar-refractivity contribution in [3.05, 3.63) is 60.2 Å². The van der Waals surface area contributed by atoms with Crippen LogP contribution in [0.3, 0.4) is 0 Å². The Morgan fingerprint density at radius 1 is 1.10 bits per heavy atom. The van der Waals surface area contributed by atoms with Gasteiger partial charge in [-0.3, -0.25) is 9.10 Å².